The second-order valence-corrected chi connectivity index (χ2v) is 12.6. The average Bonchev–Trinajstić information content (AvgIpc) is 2.26. The van der Waals surface area contributed by atoms with Crippen LogP contribution in [0.15, 0.2) is 34.9 Å². The van der Waals surface area contributed by atoms with Crippen LogP contribution in [0.5, 0.6) is 0 Å². The van der Waals surface area contributed by atoms with Gasteiger partial charge >= 0.3 is 0 Å². The lowest BCUT2D eigenvalue weighted by Crippen LogP contribution is -2.36. The van der Waals surface area contributed by atoms with Crippen LogP contribution in [0.3, 0.4) is 0 Å². The Hall–Kier alpha value is -0.603. The Morgan fingerprint density at radius 2 is 1.40 bits per heavy atom. The number of aliphatic hydroxyl groups excluding tert-OH is 1. The molecule has 0 unspecified atom stereocenters. The van der Waals surface area contributed by atoms with Crippen LogP contribution in [0.2, 0.25) is 19.6 Å². The average molecular weight is 295 g/mol. The van der Waals surface area contributed by atoms with E-state index in [1.807, 2.05) is 0 Å². The smallest absolute Gasteiger partial charge is 0.0831 e. The largest absolute Gasteiger partial charge is 0.393 e. The molecule has 116 valence electrons. The molecule has 0 fully saturated rings. The van der Waals surface area contributed by atoms with Crippen LogP contribution in [0.4, 0.5) is 0 Å². The maximum absolute atomic E-state index is 10.1. The molecule has 0 amide bonds. The Kier molecular flexibility index (Phi) is 9.07. The monoisotopic (exact) mass is 294 g/mol. The van der Waals surface area contributed by atoms with E-state index in [4.69, 9.17) is 0 Å². The maximum atomic E-state index is 10.1. The van der Waals surface area contributed by atoms with E-state index in [1.165, 1.54) is 16.7 Å². The number of allylic oxidation sites excluding steroid dienone is 5. The van der Waals surface area contributed by atoms with Gasteiger partial charge in [-0.25, -0.2) is 0 Å². The molecule has 2 heteroatoms. The van der Waals surface area contributed by atoms with Crippen LogP contribution in [-0.4, -0.2) is 18.9 Å². The van der Waals surface area contributed by atoms with Gasteiger partial charge in [0.1, 0.15) is 0 Å². The zero-order valence-corrected chi connectivity index (χ0v) is 15.6. The lowest BCUT2D eigenvalue weighted by atomic mass is 10.1. The van der Waals surface area contributed by atoms with Gasteiger partial charge in [-0.2, -0.15) is 0 Å². The molecular formula is C18H34OSi. The Morgan fingerprint density at radius 1 is 0.900 bits per heavy atom. The van der Waals surface area contributed by atoms with Crippen LogP contribution >= 0.6 is 0 Å². The summed E-state index contributed by atoms with van der Waals surface area (Å²) in [5.41, 5.74) is 3.97. The highest BCUT2D eigenvalue weighted by Gasteiger charge is 2.22. The minimum Gasteiger partial charge on any atom is -0.393 e. The van der Waals surface area contributed by atoms with Gasteiger partial charge in [-0.1, -0.05) is 54.6 Å². The molecule has 1 N–H and O–H groups in total. The molecule has 0 aliphatic heterocycles. The highest BCUT2D eigenvalue weighted by atomic mass is 28.3. The van der Waals surface area contributed by atoms with Crippen molar-refractivity contribution in [3.63, 3.8) is 0 Å². The number of aliphatic hydroxyl groups is 1. The predicted octanol–water partition coefficient (Wildman–Crippen LogP) is 5.64. The number of hydrogen-bond acceptors (Lipinski definition) is 1. The molecule has 0 spiro atoms. The lowest BCUT2D eigenvalue weighted by Gasteiger charge is -2.21. The van der Waals surface area contributed by atoms with E-state index in [9.17, 15) is 5.11 Å². The van der Waals surface area contributed by atoms with Crippen LogP contribution < -0.4 is 0 Å². The van der Waals surface area contributed by atoms with Crippen molar-refractivity contribution in [3.8, 4) is 0 Å². The van der Waals surface area contributed by atoms with Gasteiger partial charge < -0.3 is 5.11 Å². The van der Waals surface area contributed by atoms with E-state index in [1.54, 1.807) is 0 Å². The van der Waals surface area contributed by atoms with E-state index < -0.39 is 8.07 Å². The summed E-state index contributed by atoms with van der Waals surface area (Å²) in [6.07, 6.45) is 11.2. The van der Waals surface area contributed by atoms with E-state index in [0.29, 0.717) is 0 Å². The van der Waals surface area contributed by atoms with Crippen molar-refractivity contribution in [1.82, 2.24) is 0 Å². The molecule has 0 radical (unpaired) electrons. The van der Waals surface area contributed by atoms with Gasteiger partial charge in [-0.3, -0.25) is 0 Å². The summed E-state index contributed by atoms with van der Waals surface area (Å²) >= 11 is 0. The van der Waals surface area contributed by atoms with Crippen molar-refractivity contribution in [2.75, 3.05) is 0 Å². The van der Waals surface area contributed by atoms with Crippen molar-refractivity contribution in [1.29, 1.82) is 0 Å². The van der Waals surface area contributed by atoms with Gasteiger partial charge in [-0.15, -0.1) is 0 Å². The maximum Gasteiger partial charge on any atom is 0.0831 e. The second-order valence-electron chi connectivity index (χ2n) is 7.23. The van der Waals surface area contributed by atoms with Gasteiger partial charge in [-0.05, 0) is 53.4 Å². The molecule has 0 aromatic rings. The summed E-state index contributed by atoms with van der Waals surface area (Å²) in [5.74, 6) is 0. The van der Waals surface area contributed by atoms with Crippen molar-refractivity contribution in [2.24, 2.45) is 0 Å². The molecule has 20 heavy (non-hydrogen) atoms. The third kappa shape index (κ3) is 10.2. The molecule has 0 heterocycles. The van der Waals surface area contributed by atoms with Crippen molar-refractivity contribution in [3.05, 3.63) is 34.9 Å². The highest BCUT2D eigenvalue weighted by molar-refractivity contribution is 6.77. The summed E-state index contributed by atoms with van der Waals surface area (Å²) in [7, 11) is -1.46. The molecule has 0 aliphatic rings. The molecule has 0 saturated heterocycles. The minimum absolute atomic E-state index is 0.217. The van der Waals surface area contributed by atoms with Gasteiger partial charge in [0.2, 0.25) is 0 Å². The molecule has 0 bridgehead atoms. The first-order valence-electron chi connectivity index (χ1n) is 7.77. The van der Waals surface area contributed by atoms with Crippen LogP contribution in [-0.2, 0) is 0 Å². The third-order valence-corrected chi connectivity index (χ3v) is 5.39. The molecule has 1 atom stereocenters. The van der Waals surface area contributed by atoms with Gasteiger partial charge in [0.25, 0.3) is 0 Å². The van der Waals surface area contributed by atoms with E-state index in [0.717, 1.165) is 25.7 Å². The third-order valence-electron chi connectivity index (χ3n) is 3.45. The van der Waals surface area contributed by atoms with E-state index >= 15 is 0 Å². The van der Waals surface area contributed by atoms with Gasteiger partial charge in [0, 0.05) is 0 Å². The van der Waals surface area contributed by atoms with Crippen molar-refractivity contribution in [2.45, 2.75) is 78.7 Å². The van der Waals surface area contributed by atoms with Crippen LogP contribution in [0.1, 0.15) is 53.4 Å². The molecule has 0 aromatic heterocycles. The standard InChI is InChI=1S/C18H34OSi/c1-15(2)10-8-11-16(3)12-9-13-17(4)14-18(19)20(5,6)7/h10,12,14,18-19H,8-9,11,13H2,1-7H3/b16-12+,17-14+/t18-/m1/s1. The molecule has 1 nitrogen and oxygen atoms in total. The summed E-state index contributed by atoms with van der Waals surface area (Å²) in [5, 5.41) is 10.1. The van der Waals surface area contributed by atoms with Gasteiger partial charge in [0.15, 0.2) is 0 Å². The molecule has 0 rings (SSSR count). The molecule has 0 saturated carbocycles. The topological polar surface area (TPSA) is 20.2 Å². The van der Waals surface area contributed by atoms with Crippen molar-refractivity contribution < 1.29 is 5.11 Å². The first-order valence-corrected chi connectivity index (χ1v) is 11.3. The summed E-state index contributed by atoms with van der Waals surface area (Å²) in [6, 6.07) is 0. The minimum atomic E-state index is -1.46. The van der Waals surface area contributed by atoms with Crippen LogP contribution in [0, 0.1) is 0 Å². The first kappa shape index (κ1) is 19.4. The normalized spacial score (nSPS) is 15.2. The summed E-state index contributed by atoms with van der Waals surface area (Å²) in [6.45, 7) is 15.3. The molecule has 0 aromatic carbocycles. The fourth-order valence-corrected chi connectivity index (χ4v) is 2.62. The Labute approximate surface area is 127 Å². The molecular weight excluding hydrogens is 260 g/mol. The van der Waals surface area contributed by atoms with E-state index in [2.05, 4.69) is 65.6 Å². The Bertz CT molecular complexity index is 365. The lowest BCUT2D eigenvalue weighted by molar-refractivity contribution is 0.290. The fourth-order valence-electron chi connectivity index (χ4n) is 1.84. The second kappa shape index (κ2) is 9.35. The highest BCUT2D eigenvalue weighted by Crippen LogP contribution is 2.15. The Morgan fingerprint density at radius 3 is 1.90 bits per heavy atom. The van der Waals surface area contributed by atoms with Gasteiger partial charge in [0.05, 0.1) is 13.8 Å². The zero-order chi connectivity index (χ0) is 15.8. The zero-order valence-electron chi connectivity index (χ0n) is 14.6. The van der Waals surface area contributed by atoms with Crippen molar-refractivity contribution >= 4 is 8.07 Å². The Balaban J connectivity index is 4.16. The van der Waals surface area contributed by atoms with Crippen LogP contribution in [0.25, 0.3) is 0 Å². The quantitative estimate of drug-likeness (QED) is 0.453. The first-order chi connectivity index (χ1) is 9.12. The summed E-state index contributed by atoms with van der Waals surface area (Å²) < 4.78 is 0. The fraction of sp³-hybridized carbons (Fsp3) is 0.667. The summed E-state index contributed by atoms with van der Waals surface area (Å²) in [4.78, 5) is 0. The van der Waals surface area contributed by atoms with E-state index in [-0.39, 0.29) is 5.73 Å². The predicted molar refractivity (Wildman–Crippen MR) is 94.8 cm³/mol. The number of rotatable bonds is 8. The number of hydrogen-bond donors (Lipinski definition) is 1. The molecule has 0 aliphatic carbocycles. The SMILES string of the molecule is CC(C)=CCC/C(C)=C/CC/C(C)=C/[C@H](O)[Si](C)(C)C.